The molecule has 0 saturated heterocycles. The smallest absolute Gasteiger partial charge is 0.314 e. The number of carbonyl (C=O) groups excluding carboxylic acids is 1. The highest BCUT2D eigenvalue weighted by molar-refractivity contribution is 7.09. The van der Waals surface area contributed by atoms with E-state index in [1.165, 1.54) is 24.1 Å². The molecule has 122 valence electrons. The molecule has 2 aromatic rings. The number of carbonyl (C=O) groups is 1. The Morgan fingerprint density at radius 1 is 1.39 bits per heavy atom. The van der Waals surface area contributed by atoms with Crippen molar-refractivity contribution in [3.8, 4) is 11.5 Å². The highest BCUT2D eigenvalue weighted by Crippen LogP contribution is 2.31. The number of benzene rings is 1. The lowest BCUT2D eigenvalue weighted by atomic mass is 10.3. The van der Waals surface area contributed by atoms with Gasteiger partial charge in [0, 0.05) is 11.9 Å². The second-order valence-electron chi connectivity index (χ2n) is 4.71. The zero-order valence-electron chi connectivity index (χ0n) is 12.7. The zero-order chi connectivity index (χ0) is 16.8. The van der Waals surface area contributed by atoms with Gasteiger partial charge in [0.2, 0.25) is 0 Å². The van der Waals surface area contributed by atoms with Gasteiger partial charge in [-0.1, -0.05) is 6.07 Å². The first-order valence-corrected chi connectivity index (χ1v) is 7.61. The van der Waals surface area contributed by atoms with Crippen LogP contribution in [0.5, 0.6) is 11.5 Å². The number of rotatable bonds is 7. The van der Waals surface area contributed by atoms with E-state index in [1.54, 1.807) is 24.5 Å². The minimum absolute atomic E-state index is 0.0358. The summed E-state index contributed by atoms with van der Waals surface area (Å²) >= 11 is 1.56. The predicted octanol–water partition coefficient (Wildman–Crippen LogP) is 2.70. The Morgan fingerprint density at radius 2 is 2.17 bits per heavy atom. The number of thiophene rings is 1. The van der Waals surface area contributed by atoms with E-state index in [0.717, 1.165) is 4.88 Å². The van der Waals surface area contributed by atoms with Gasteiger partial charge in [-0.2, -0.15) is 0 Å². The van der Waals surface area contributed by atoms with E-state index in [4.69, 9.17) is 9.47 Å². The topological polar surface area (TPSA) is 81.9 Å². The number of amides is 1. The molecule has 8 heteroatoms. The van der Waals surface area contributed by atoms with E-state index in [9.17, 15) is 14.9 Å². The van der Waals surface area contributed by atoms with Crippen LogP contribution in [0.4, 0.5) is 5.69 Å². The number of nitrogens with zero attached hydrogens (tertiary/aromatic N) is 2. The number of hydrogen-bond acceptors (Lipinski definition) is 6. The predicted molar refractivity (Wildman–Crippen MR) is 85.9 cm³/mol. The van der Waals surface area contributed by atoms with E-state index in [0.29, 0.717) is 12.3 Å². The molecule has 0 aliphatic carbocycles. The van der Waals surface area contributed by atoms with Crippen molar-refractivity contribution >= 4 is 22.9 Å². The highest BCUT2D eigenvalue weighted by atomic mass is 32.1. The quantitative estimate of drug-likeness (QED) is 0.573. The Kier molecular flexibility index (Phi) is 5.53. The first-order chi connectivity index (χ1) is 11.0. The molecule has 0 radical (unpaired) electrons. The average molecular weight is 336 g/mol. The number of nitro groups is 1. The van der Waals surface area contributed by atoms with Gasteiger partial charge in [-0.3, -0.25) is 14.9 Å². The van der Waals surface area contributed by atoms with Crippen molar-refractivity contribution in [2.45, 2.75) is 6.54 Å². The summed E-state index contributed by atoms with van der Waals surface area (Å²) in [7, 11) is 3.08. The second kappa shape index (κ2) is 7.59. The normalized spacial score (nSPS) is 10.2. The molecule has 1 aromatic heterocycles. The highest BCUT2D eigenvalue weighted by Gasteiger charge is 2.18. The van der Waals surface area contributed by atoms with E-state index in [2.05, 4.69) is 0 Å². The fourth-order valence-electron chi connectivity index (χ4n) is 1.86. The Balaban J connectivity index is 1.99. The summed E-state index contributed by atoms with van der Waals surface area (Å²) in [6.45, 7) is 0.208. The van der Waals surface area contributed by atoms with Crippen molar-refractivity contribution in [3.63, 3.8) is 0 Å². The van der Waals surface area contributed by atoms with Gasteiger partial charge >= 0.3 is 5.69 Å². The largest absolute Gasteiger partial charge is 0.496 e. The Labute approximate surface area is 137 Å². The molecular weight excluding hydrogens is 320 g/mol. The minimum Gasteiger partial charge on any atom is -0.496 e. The Hall–Kier alpha value is -2.61. The lowest BCUT2D eigenvalue weighted by molar-refractivity contribution is -0.385. The molecule has 0 saturated carbocycles. The monoisotopic (exact) mass is 336 g/mol. The number of likely N-dealkylation sites (N-methyl/N-ethyl adjacent to an activating group) is 1. The van der Waals surface area contributed by atoms with Crippen LogP contribution in [0.15, 0.2) is 35.7 Å². The molecule has 0 aliphatic heterocycles. The van der Waals surface area contributed by atoms with Gasteiger partial charge in [0.05, 0.1) is 24.6 Å². The summed E-state index contributed by atoms with van der Waals surface area (Å²) < 4.78 is 10.3. The van der Waals surface area contributed by atoms with Crippen LogP contribution in [0.3, 0.4) is 0 Å². The third-order valence-electron chi connectivity index (χ3n) is 3.11. The molecule has 7 nitrogen and oxygen atoms in total. The van der Waals surface area contributed by atoms with E-state index < -0.39 is 4.92 Å². The summed E-state index contributed by atoms with van der Waals surface area (Å²) in [5.74, 6) is 0.127. The van der Waals surface area contributed by atoms with Crippen LogP contribution in [0.1, 0.15) is 4.88 Å². The second-order valence-corrected chi connectivity index (χ2v) is 5.74. The van der Waals surface area contributed by atoms with E-state index in [1.807, 2.05) is 17.5 Å². The molecule has 2 rings (SSSR count). The third kappa shape index (κ3) is 4.43. The molecule has 0 atom stereocenters. The lowest BCUT2D eigenvalue weighted by Gasteiger charge is -2.16. The molecule has 0 bridgehead atoms. The minimum atomic E-state index is -0.572. The Morgan fingerprint density at radius 3 is 2.78 bits per heavy atom. The van der Waals surface area contributed by atoms with Crippen molar-refractivity contribution in [1.29, 1.82) is 0 Å². The number of ether oxygens (including phenoxy) is 2. The van der Waals surface area contributed by atoms with Crippen LogP contribution in [0.2, 0.25) is 0 Å². The summed E-state index contributed by atoms with van der Waals surface area (Å²) in [5.41, 5.74) is -0.238. The van der Waals surface area contributed by atoms with Gasteiger partial charge in [0.15, 0.2) is 12.4 Å². The molecular formula is C15H16N2O5S. The maximum atomic E-state index is 12.1. The van der Waals surface area contributed by atoms with Gasteiger partial charge in [0.1, 0.15) is 5.75 Å². The summed E-state index contributed by atoms with van der Waals surface area (Å²) in [5, 5.41) is 13.0. The molecule has 0 spiro atoms. The fraction of sp³-hybridized carbons (Fsp3) is 0.267. The van der Waals surface area contributed by atoms with Crippen molar-refractivity contribution < 1.29 is 19.2 Å². The first-order valence-electron chi connectivity index (χ1n) is 6.73. The molecule has 1 aromatic carbocycles. The molecule has 0 N–H and O–H groups in total. The number of methoxy groups -OCH3 is 1. The van der Waals surface area contributed by atoms with Gasteiger partial charge in [-0.15, -0.1) is 11.3 Å². The van der Waals surface area contributed by atoms with Crippen LogP contribution in [0, 0.1) is 10.1 Å². The summed E-state index contributed by atoms with van der Waals surface area (Å²) in [6.07, 6.45) is 0. The van der Waals surface area contributed by atoms with Gasteiger partial charge in [-0.05, 0) is 23.6 Å². The lowest BCUT2D eigenvalue weighted by Crippen LogP contribution is -2.30. The maximum absolute atomic E-state index is 12.1. The summed E-state index contributed by atoms with van der Waals surface area (Å²) in [4.78, 5) is 25.1. The molecule has 1 amide bonds. The Bertz CT molecular complexity index is 687. The third-order valence-corrected chi connectivity index (χ3v) is 3.97. The number of nitro benzene ring substituents is 1. The van der Waals surface area contributed by atoms with Crippen molar-refractivity contribution in [1.82, 2.24) is 4.90 Å². The van der Waals surface area contributed by atoms with Crippen LogP contribution in [-0.4, -0.2) is 36.5 Å². The van der Waals surface area contributed by atoms with Gasteiger partial charge in [0.25, 0.3) is 5.91 Å². The molecule has 23 heavy (non-hydrogen) atoms. The van der Waals surface area contributed by atoms with Crippen molar-refractivity contribution in [2.24, 2.45) is 0 Å². The van der Waals surface area contributed by atoms with Crippen molar-refractivity contribution in [2.75, 3.05) is 20.8 Å². The maximum Gasteiger partial charge on any atom is 0.314 e. The average Bonchev–Trinajstić information content (AvgIpc) is 3.05. The number of hydrogen-bond donors (Lipinski definition) is 0. The molecule has 0 aliphatic rings. The molecule has 0 unspecified atom stereocenters. The van der Waals surface area contributed by atoms with Crippen LogP contribution in [0.25, 0.3) is 0 Å². The van der Waals surface area contributed by atoms with Gasteiger partial charge < -0.3 is 14.4 Å². The SMILES string of the molecule is COc1ccc(OCC(=O)N(C)Cc2cccs2)c([N+](=O)[O-])c1. The van der Waals surface area contributed by atoms with Crippen molar-refractivity contribution in [3.05, 3.63) is 50.7 Å². The van der Waals surface area contributed by atoms with Crippen LogP contribution >= 0.6 is 11.3 Å². The fourth-order valence-corrected chi connectivity index (χ4v) is 2.62. The van der Waals surface area contributed by atoms with E-state index >= 15 is 0 Å². The van der Waals surface area contributed by atoms with Gasteiger partial charge in [-0.25, -0.2) is 0 Å². The molecule has 0 fully saturated rings. The van der Waals surface area contributed by atoms with Crippen LogP contribution in [-0.2, 0) is 11.3 Å². The first kappa shape index (κ1) is 16.8. The summed E-state index contributed by atoms with van der Waals surface area (Å²) in [6, 6.07) is 8.07. The van der Waals surface area contributed by atoms with E-state index in [-0.39, 0.29) is 24.0 Å². The molecule has 1 heterocycles. The zero-order valence-corrected chi connectivity index (χ0v) is 13.5. The standard InChI is InChI=1S/C15H16N2O5S/c1-16(9-12-4-3-7-23-12)15(18)10-22-14-6-5-11(21-2)8-13(14)17(19)20/h3-8H,9-10H2,1-2H3. The van der Waals surface area contributed by atoms with Crippen LogP contribution < -0.4 is 9.47 Å².